The molecule has 0 aliphatic carbocycles. The van der Waals surface area contributed by atoms with E-state index in [1.165, 1.54) is 76.1 Å². The summed E-state index contributed by atoms with van der Waals surface area (Å²) < 4.78 is 6.37. The molecule has 0 bridgehead atoms. The maximum absolute atomic E-state index is 14.9. The lowest BCUT2D eigenvalue weighted by Crippen LogP contribution is -2.44. The summed E-state index contributed by atoms with van der Waals surface area (Å²) in [6.07, 6.45) is 20.8. The molecule has 7 aliphatic rings. The number of hydrogen-bond donors (Lipinski definition) is 3. The van der Waals surface area contributed by atoms with Gasteiger partial charge in [0.2, 0.25) is 0 Å². The van der Waals surface area contributed by atoms with Crippen LogP contribution in [0.3, 0.4) is 0 Å². The molecular formula is C74H79N9O4S3. The van der Waals surface area contributed by atoms with Gasteiger partial charge in [0.1, 0.15) is 6.10 Å². The van der Waals surface area contributed by atoms with Gasteiger partial charge in [-0.15, -0.1) is 35.3 Å². The lowest BCUT2D eigenvalue weighted by Gasteiger charge is -2.32. The Balaban J connectivity index is 0.609. The van der Waals surface area contributed by atoms with Gasteiger partial charge >= 0.3 is 0 Å². The fourth-order valence-electron chi connectivity index (χ4n) is 16.7. The number of epoxide rings is 1. The van der Waals surface area contributed by atoms with Gasteiger partial charge < -0.3 is 34.4 Å². The molecule has 7 aliphatic heterocycles. The first-order valence-electron chi connectivity index (χ1n) is 32.7. The van der Waals surface area contributed by atoms with Gasteiger partial charge in [0.15, 0.2) is 6.23 Å². The predicted molar refractivity (Wildman–Crippen MR) is 363 cm³/mol. The van der Waals surface area contributed by atoms with Crippen molar-refractivity contribution >= 4 is 85.7 Å². The Morgan fingerprint density at radius 1 is 0.522 bits per heavy atom. The van der Waals surface area contributed by atoms with Crippen LogP contribution in [0.4, 0.5) is 0 Å². The zero-order valence-corrected chi connectivity index (χ0v) is 54.2. The predicted octanol–water partition coefficient (Wildman–Crippen LogP) is 13.4. The van der Waals surface area contributed by atoms with Crippen molar-refractivity contribution in [3.8, 4) is 0 Å². The molecule has 0 saturated carbocycles. The number of nitrogens with zero attached hydrogens (tertiary/aromatic N) is 6. The van der Waals surface area contributed by atoms with Gasteiger partial charge in [0, 0.05) is 166 Å². The van der Waals surface area contributed by atoms with Crippen molar-refractivity contribution in [2.45, 2.75) is 121 Å². The molecule has 462 valence electrons. The number of aromatic nitrogens is 3. The number of carbonyl (C=O) groups excluding carboxylic acids is 3. The lowest BCUT2D eigenvalue weighted by atomic mass is 9.85. The second kappa shape index (κ2) is 24.4. The van der Waals surface area contributed by atoms with E-state index in [-0.39, 0.29) is 42.0 Å². The van der Waals surface area contributed by atoms with Crippen LogP contribution >= 0.6 is 35.3 Å². The highest BCUT2D eigenvalue weighted by Gasteiger charge is 2.53. The smallest absolute Gasteiger partial charge is 0.256 e. The number of thioether (sulfide) groups is 3. The van der Waals surface area contributed by atoms with E-state index < -0.39 is 0 Å². The molecule has 0 spiro atoms. The third-order valence-electron chi connectivity index (χ3n) is 21.6. The number of rotatable bonds is 21. The minimum Gasteiger partial charge on any atom is -0.361 e. The number of ether oxygens (including phenoxy) is 1. The summed E-state index contributed by atoms with van der Waals surface area (Å²) in [4.78, 5) is 71.3. The Bertz CT molecular complexity index is 4250. The molecule has 4 fully saturated rings. The molecule has 16 rings (SSSR count). The van der Waals surface area contributed by atoms with E-state index in [2.05, 4.69) is 169 Å². The highest BCUT2D eigenvalue weighted by molar-refractivity contribution is 7.99. The summed E-state index contributed by atoms with van der Waals surface area (Å²) >= 11 is 5.34. The van der Waals surface area contributed by atoms with Gasteiger partial charge in [0.05, 0.1) is 0 Å². The Hall–Kier alpha value is -6.76. The monoisotopic (exact) mass is 1250 g/mol. The minimum atomic E-state index is -0.200. The van der Waals surface area contributed by atoms with E-state index in [9.17, 15) is 14.4 Å². The summed E-state index contributed by atoms with van der Waals surface area (Å²) in [5, 5.41) is 3.88. The first-order valence-corrected chi connectivity index (χ1v) is 36.3. The highest BCUT2D eigenvalue weighted by atomic mass is 32.2. The molecule has 4 saturated heterocycles. The molecule has 16 heteroatoms. The van der Waals surface area contributed by atoms with E-state index in [0.29, 0.717) is 44.2 Å². The third-order valence-corrected chi connectivity index (χ3v) is 23.7. The Labute approximate surface area is 540 Å². The maximum Gasteiger partial charge on any atom is 0.256 e. The van der Waals surface area contributed by atoms with E-state index in [1.54, 1.807) is 35.3 Å². The second-order valence-electron chi connectivity index (χ2n) is 26.4. The quantitative estimate of drug-likeness (QED) is 0.0472. The van der Waals surface area contributed by atoms with Gasteiger partial charge in [0.25, 0.3) is 17.7 Å². The number of hydrogen-bond acceptors (Lipinski definition) is 10. The largest absolute Gasteiger partial charge is 0.361 e. The molecule has 3 N–H and O–H groups in total. The van der Waals surface area contributed by atoms with Gasteiger partial charge in [-0.25, -0.2) is 0 Å². The van der Waals surface area contributed by atoms with Crippen LogP contribution in [0, 0.1) is 0 Å². The van der Waals surface area contributed by atoms with Gasteiger partial charge in [-0.2, -0.15) is 0 Å². The number of nitrogens with one attached hydrogen (secondary N) is 3. The number of amides is 3. The average molecular weight is 1250 g/mol. The molecule has 0 radical (unpaired) electrons. The molecule has 13 nitrogen and oxygen atoms in total. The normalized spacial score (nSPS) is 23.4. The van der Waals surface area contributed by atoms with Crippen molar-refractivity contribution in [3.63, 3.8) is 0 Å². The van der Waals surface area contributed by atoms with E-state index >= 15 is 0 Å². The van der Waals surface area contributed by atoms with Crippen molar-refractivity contribution in [2.24, 2.45) is 0 Å². The first kappa shape index (κ1) is 58.3. The topological polar surface area (TPSA) is 131 Å². The molecular weight excluding hydrogens is 1180 g/mol. The number of carbonyl (C=O) groups is 3. The fraction of sp³-hybridized carbons (Fsp3) is 0.392. The van der Waals surface area contributed by atoms with E-state index in [4.69, 9.17) is 4.74 Å². The summed E-state index contributed by atoms with van der Waals surface area (Å²) in [6.45, 7) is 8.73. The van der Waals surface area contributed by atoms with Crippen molar-refractivity contribution in [2.75, 3.05) is 77.7 Å². The molecule has 9 aromatic rings. The van der Waals surface area contributed by atoms with Crippen LogP contribution in [0.15, 0.2) is 149 Å². The van der Waals surface area contributed by atoms with Crippen LogP contribution in [0.25, 0.3) is 32.7 Å². The first-order chi connectivity index (χ1) is 44.1. The standard InChI is InChI=1S/C74H79N9O4S3/c1-88-55-13-18-66-62(36-55)48(39-75-66)31-53-9-6-22-78(53)28-29-83-73(86)65-34-46(12-17-61(65)70-74(83)87-70)58-21-25-79(69(58)35-50-41-77-68-20-15-57(90-3)38-64(50)68)26-27-82-44-52-30-45(11-16-60(52)72(82)85)51-33-54(32-49-40-76-67-19-14-56(89-2)37-63(49)67)80(43-51)23-7-24-81-42-47-8-4-5-10-59(47)71(81)84/h4-5,8,10-20,30,34,36-41,51,53-54,58,69-70,74-77H,6-7,9,21-29,31-33,35,42-44H2,1-3H3/t51?,53-,54+,58?,69+,70?,74?/m1/s1. The van der Waals surface area contributed by atoms with Crippen LogP contribution in [0.5, 0.6) is 0 Å². The average Bonchev–Trinajstić information content (AvgIpc) is 1.58. The molecule has 3 amide bonds. The van der Waals surface area contributed by atoms with Crippen molar-refractivity contribution in [1.82, 2.24) is 44.4 Å². The summed E-state index contributed by atoms with van der Waals surface area (Å²) in [7, 11) is 0. The van der Waals surface area contributed by atoms with E-state index in [1.807, 2.05) is 28.0 Å². The van der Waals surface area contributed by atoms with Gasteiger partial charge in [-0.1, -0.05) is 42.5 Å². The molecule has 4 unspecified atom stereocenters. The van der Waals surface area contributed by atoms with E-state index in [0.717, 1.165) is 130 Å². The number of likely N-dealkylation sites (tertiary alicyclic amines) is 3. The minimum absolute atomic E-state index is 0.0817. The Kier molecular flexibility index (Phi) is 15.8. The number of benzene rings is 6. The molecule has 3 aromatic heterocycles. The lowest BCUT2D eigenvalue weighted by molar-refractivity contribution is 0.0634. The van der Waals surface area contributed by atoms with Gasteiger partial charge in [-0.05, 0) is 206 Å². The van der Waals surface area contributed by atoms with Gasteiger partial charge in [-0.3, -0.25) is 29.1 Å². The molecule has 90 heavy (non-hydrogen) atoms. The molecule has 7 atom stereocenters. The zero-order chi connectivity index (χ0) is 60.7. The SMILES string of the molecule is CSc1ccc2[nH]cc(C[C@H]3CCCN3CCN3C(=O)c4cc(C5CCN(CCN6Cc7cc(C8C[C@H](Cc9c[nH]c%10ccc(SC)cc9%10)N(CCCN9Cc%10ccccc%10C9=O)C8)ccc7C6=O)[C@H]5Cc5c[nH]c6ccc(SC)cc56)ccc4C4OC43)c2c1. The summed E-state index contributed by atoms with van der Waals surface area (Å²) in [6, 6.07) is 42.5. The van der Waals surface area contributed by atoms with Crippen LogP contribution in [0.1, 0.15) is 126 Å². The fourth-order valence-corrected chi connectivity index (χ4v) is 18.0. The summed E-state index contributed by atoms with van der Waals surface area (Å²) in [5.74, 6) is 0.875. The number of aromatic amines is 3. The molecule has 6 aromatic carbocycles. The van der Waals surface area contributed by atoms with Crippen molar-refractivity contribution < 1.29 is 19.1 Å². The molecule has 10 heterocycles. The Morgan fingerprint density at radius 2 is 1.14 bits per heavy atom. The van der Waals surface area contributed by atoms with Crippen LogP contribution in [0.2, 0.25) is 0 Å². The second-order valence-corrected chi connectivity index (χ2v) is 29.0. The summed E-state index contributed by atoms with van der Waals surface area (Å²) in [5.41, 5.74) is 15.8. The van der Waals surface area contributed by atoms with Crippen LogP contribution in [-0.4, -0.2) is 164 Å². The van der Waals surface area contributed by atoms with Crippen molar-refractivity contribution in [1.29, 1.82) is 0 Å². The van der Waals surface area contributed by atoms with Crippen LogP contribution < -0.4 is 0 Å². The number of H-pyrrole nitrogens is 3. The Morgan fingerprint density at radius 3 is 1.83 bits per heavy atom. The zero-order valence-electron chi connectivity index (χ0n) is 51.7. The number of fused-ring (bicyclic) bond motifs is 8. The maximum atomic E-state index is 14.9. The third kappa shape index (κ3) is 10.9. The van der Waals surface area contributed by atoms with Crippen LogP contribution in [-0.2, 0) is 37.1 Å². The van der Waals surface area contributed by atoms with Crippen molar-refractivity contribution in [3.05, 3.63) is 195 Å². The highest BCUT2D eigenvalue weighted by Crippen LogP contribution is 2.49.